The molecule has 4 heteroatoms. The maximum atomic E-state index is 4.30. The second kappa shape index (κ2) is 6.64. The molecule has 18 heavy (non-hydrogen) atoms. The first kappa shape index (κ1) is 15.6. The molecule has 0 radical (unpaired) electrons. The Labute approximate surface area is 116 Å². The van der Waals surface area contributed by atoms with Crippen molar-refractivity contribution < 1.29 is 0 Å². The topological polar surface area (TPSA) is 28.2 Å². The minimum atomic E-state index is 0.232. The van der Waals surface area contributed by atoms with Crippen LogP contribution in [0.15, 0.2) is 5.51 Å². The van der Waals surface area contributed by atoms with Crippen molar-refractivity contribution in [1.82, 2.24) is 15.2 Å². The summed E-state index contributed by atoms with van der Waals surface area (Å²) in [6.45, 7) is 13.1. The van der Waals surface area contributed by atoms with Crippen molar-refractivity contribution >= 4 is 11.3 Å². The smallest absolute Gasteiger partial charge is 0.0798 e. The molecule has 0 aromatic carbocycles. The fourth-order valence-corrected chi connectivity index (χ4v) is 2.40. The van der Waals surface area contributed by atoms with E-state index in [1.165, 1.54) is 10.6 Å². The normalized spacial score (nSPS) is 14.2. The maximum absolute atomic E-state index is 4.30. The molecule has 0 spiro atoms. The van der Waals surface area contributed by atoms with E-state index in [4.69, 9.17) is 0 Å². The lowest BCUT2D eigenvalue weighted by Gasteiger charge is -2.30. The Morgan fingerprint density at radius 3 is 2.67 bits per heavy atom. The first-order valence-electron chi connectivity index (χ1n) is 6.70. The highest BCUT2D eigenvalue weighted by Gasteiger charge is 2.17. The Kier molecular flexibility index (Phi) is 5.76. The van der Waals surface area contributed by atoms with Gasteiger partial charge in [-0.15, -0.1) is 11.3 Å². The summed E-state index contributed by atoms with van der Waals surface area (Å²) >= 11 is 1.75. The Morgan fingerprint density at radius 1 is 1.50 bits per heavy atom. The van der Waals surface area contributed by atoms with Crippen molar-refractivity contribution in [2.24, 2.45) is 0 Å². The average molecular weight is 269 g/mol. The van der Waals surface area contributed by atoms with E-state index in [9.17, 15) is 0 Å². The first-order valence-corrected chi connectivity index (χ1v) is 7.58. The number of nitrogens with zero attached hydrogens (tertiary/aromatic N) is 2. The Bertz CT molecular complexity index is 360. The molecule has 1 heterocycles. The molecule has 0 saturated carbocycles. The van der Waals surface area contributed by atoms with E-state index < -0.39 is 0 Å². The predicted octanol–water partition coefficient (Wildman–Crippen LogP) is 3.05. The highest BCUT2D eigenvalue weighted by Crippen LogP contribution is 2.15. The fourth-order valence-electron chi connectivity index (χ4n) is 1.57. The van der Waals surface area contributed by atoms with Crippen LogP contribution in [-0.4, -0.2) is 35.1 Å². The van der Waals surface area contributed by atoms with E-state index in [0.717, 1.165) is 19.5 Å². The van der Waals surface area contributed by atoms with Gasteiger partial charge in [-0.25, -0.2) is 4.98 Å². The van der Waals surface area contributed by atoms with Gasteiger partial charge in [-0.05, 0) is 41.2 Å². The van der Waals surface area contributed by atoms with Crippen molar-refractivity contribution in [3.8, 4) is 0 Å². The van der Waals surface area contributed by atoms with Crippen LogP contribution in [0.4, 0.5) is 0 Å². The minimum absolute atomic E-state index is 0.232. The molecular formula is C14H27N3S. The molecule has 1 unspecified atom stereocenters. The molecule has 1 atom stereocenters. The molecule has 104 valence electrons. The number of rotatable bonds is 7. The summed E-state index contributed by atoms with van der Waals surface area (Å²) in [7, 11) is 2.18. The van der Waals surface area contributed by atoms with Crippen LogP contribution in [0.1, 0.15) is 44.7 Å². The van der Waals surface area contributed by atoms with Crippen molar-refractivity contribution in [3.63, 3.8) is 0 Å². The minimum Gasteiger partial charge on any atom is -0.310 e. The summed E-state index contributed by atoms with van der Waals surface area (Å²) in [6.07, 6.45) is 1.15. The summed E-state index contributed by atoms with van der Waals surface area (Å²) in [5, 5.41) is 3.63. The third-order valence-electron chi connectivity index (χ3n) is 3.75. The van der Waals surface area contributed by atoms with Gasteiger partial charge in [-0.2, -0.15) is 0 Å². The summed E-state index contributed by atoms with van der Waals surface area (Å²) in [4.78, 5) is 8.07. The average Bonchev–Trinajstić information content (AvgIpc) is 2.72. The zero-order chi connectivity index (χ0) is 13.8. The van der Waals surface area contributed by atoms with E-state index in [2.05, 4.69) is 56.9 Å². The lowest BCUT2D eigenvalue weighted by atomic mass is 10.0. The number of thiazole rings is 1. The van der Waals surface area contributed by atoms with Crippen molar-refractivity contribution in [2.75, 3.05) is 13.6 Å². The predicted molar refractivity (Wildman–Crippen MR) is 80.2 cm³/mol. The zero-order valence-corrected chi connectivity index (χ0v) is 13.4. The quantitative estimate of drug-likeness (QED) is 0.824. The van der Waals surface area contributed by atoms with Gasteiger partial charge < -0.3 is 5.32 Å². The van der Waals surface area contributed by atoms with Gasteiger partial charge in [0.1, 0.15) is 0 Å². The maximum Gasteiger partial charge on any atom is 0.0798 e. The SMILES string of the molecule is CCC(C)(C)NCC(C)N(C)Cc1scnc1C. The Hall–Kier alpha value is -0.450. The molecule has 0 fully saturated rings. The third kappa shape index (κ3) is 4.67. The van der Waals surface area contributed by atoms with Crippen LogP contribution in [0.2, 0.25) is 0 Å². The van der Waals surface area contributed by atoms with Gasteiger partial charge in [0.2, 0.25) is 0 Å². The number of hydrogen-bond donors (Lipinski definition) is 1. The molecule has 0 aliphatic rings. The highest BCUT2D eigenvalue weighted by atomic mass is 32.1. The zero-order valence-electron chi connectivity index (χ0n) is 12.6. The molecule has 3 nitrogen and oxygen atoms in total. The van der Waals surface area contributed by atoms with E-state index in [0.29, 0.717) is 6.04 Å². The monoisotopic (exact) mass is 269 g/mol. The lowest BCUT2D eigenvalue weighted by Crippen LogP contribution is -2.46. The first-order chi connectivity index (χ1) is 8.35. The number of aryl methyl sites for hydroxylation is 1. The second-order valence-corrected chi connectivity index (χ2v) is 6.68. The van der Waals surface area contributed by atoms with Crippen LogP contribution in [0.5, 0.6) is 0 Å². The van der Waals surface area contributed by atoms with E-state index in [1.807, 2.05) is 5.51 Å². The molecule has 1 aromatic rings. The van der Waals surface area contributed by atoms with E-state index in [-0.39, 0.29) is 5.54 Å². The van der Waals surface area contributed by atoms with Crippen LogP contribution in [0, 0.1) is 6.92 Å². The molecule has 0 saturated heterocycles. The molecule has 1 N–H and O–H groups in total. The van der Waals surface area contributed by atoms with Gasteiger partial charge in [0.15, 0.2) is 0 Å². The van der Waals surface area contributed by atoms with Crippen LogP contribution in [0.3, 0.4) is 0 Å². The lowest BCUT2D eigenvalue weighted by molar-refractivity contribution is 0.224. The van der Waals surface area contributed by atoms with Crippen LogP contribution < -0.4 is 5.32 Å². The van der Waals surface area contributed by atoms with Crippen molar-refractivity contribution in [2.45, 2.75) is 59.2 Å². The van der Waals surface area contributed by atoms with Gasteiger partial charge in [-0.3, -0.25) is 4.90 Å². The second-order valence-electron chi connectivity index (χ2n) is 5.74. The third-order valence-corrected chi connectivity index (χ3v) is 4.67. The molecule has 1 rings (SSSR count). The molecule has 0 amide bonds. The number of nitrogens with one attached hydrogen (secondary N) is 1. The van der Waals surface area contributed by atoms with E-state index in [1.54, 1.807) is 11.3 Å². The molecule has 0 aliphatic heterocycles. The number of likely N-dealkylation sites (N-methyl/N-ethyl adjacent to an activating group) is 1. The van der Waals surface area contributed by atoms with Gasteiger partial charge in [0.05, 0.1) is 11.2 Å². The van der Waals surface area contributed by atoms with Crippen LogP contribution >= 0.6 is 11.3 Å². The van der Waals surface area contributed by atoms with Gasteiger partial charge in [0, 0.05) is 29.5 Å². The van der Waals surface area contributed by atoms with Gasteiger partial charge in [-0.1, -0.05) is 6.92 Å². The number of aromatic nitrogens is 1. The molecular weight excluding hydrogens is 242 g/mol. The van der Waals surface area contributed by atoms with Gasteiger partial charge >= 0.3 is 0 Å². The largest absolute Gasteiger partial charge is 0.310 e. The van der Waals surface area contributed by atoms with Crippen LogP contribution in [0.25, 0.3) is 0 Å². The Balaban J connectivity index is 2.42. The standard InChI is InChI=1S/C14H27N3S/c1-7-14(4,5)16-8-11(2)17(6)9-13-12(3)15-10-18-13/h10-11,16H,7-9H2,1-6H3. The Morgan fingerprint density at radius 2 is 2.17 bits per heavy atom. The summed E-state index contributed by atoms with van der Waals surface area (Å²) in [6, 6.07) is 0.525. The fraction of sp³-hybridized carbons (Fsp3) is 0.786. The molecule has 0 bridgehead atoms. The molecule has 0 aliphatic carbocycles. The number of hydrogen-bond acceptors (Lipinski definition) is 4. The van der Waals surface area contributed by atoms with Crippen LogP contribution in [-0.2, 0) is 6.54 Å². The highest BCUT2D eigenvalue weighted by molar-refractivity contribution is 7.09. The molecule has 1 aromatic heterocycles. The van der Waals surface area contributed by atoms with Gasteiger partial charge in [0.25, 0.3) is 0 Å². The summed E-state index contributed by atoms with van der Waals surface area (Å²) in [5.41, 5.74) is 3.33. The van der Waals surface area contributed by atoms with E-state index >= 15 is 0 Å². The van der Waals surface area contributed by atoms with Crippen molar-refractivity contribution in [1.29, 1.82) is 0 Å². The van der Waals surface area contributed by atoms with Crippen molar-refractivity contribution in [3.05, 3.63) is 16.1 Å². The summed E-state index contributed by atoms with van der Waals surface area (Å²) in [5.74, 6) is 0. The summed E-state index contributed by atoms with van der Waals surface area (Å²) < 4.78 is 0.